The predicted molar refractivity (Wildman–Crippen MR) is 77.6 cm³/mol. The van der Waals surface area contributed by atoms with Gasteiger partial charge in [-0.3, -0.25) is 4.79 Å². The van der Waals surface area contributed by atoms with Gasteiger partial charge in [0.05, 0.1) is 0 Å². The summed E-state index contributed by atoms with van der Waals surface area (Å²) in [5.74, 6) is 1.57. The molecule has 2 nitrogen and oxygen atoms in total. The molecule has 2 rings (SSSR count). The second-order valence-electron chi connectivity index (χ2n) is 5.34. The van der Waals surface area contributed by atoms with Crippen molar-refractivity contribution in [3.05, 3.63) is 34.3 Å². The number of carbonyl (C=O) groups is 1. The Hall–Kier alpha value is -0.830. The summed E-state index contributed by atoms with van der Waals surface area (Å²) in [6, 6.07) is 7.50. The van der Waals surface area contributed by atoms with Crippen LogP contribution < -0.4 is 5.32 Å². The van der Waals surface area contributed by atoms with Gasteiger partial charge in [0.2, 0.25) is 0 Å². The van der Waals surface area contributed by atoms with Crippen molar-refractivity contribution >= 4 is 21.8 Å². The molecule has 0 atom stereocenters. The Morgan fingerprint density at radius 1 is 1.22 bits per heavy atom. The van der Waals surface area contributed by atoms with Gasteiger partial charge in [0.15, 0.2) is 0 Å². The zero-order valence-corrected chi connectivity index (χ0v) is 12.4. The molecule has 0 unspecified atom stereocenters. The summed E-state index contributed by atoms with van der Waals surface area (Å²) in [7, 11) is 0. The molecule has 18 heavy (non-hydrogen) atoms. The first-order valence-electron chi connectivity index (χ1n) is 6.69. The zero-order chi connectivity index (χ0) is 13.0. The highest BCUT2D eigenvalue weighted by atomic mass is 79.9. The van der Waals surface area contributed by atoms with Crippen LogP contribution in [0, 0.1) is 11.8 Å². The maximum atomic E-state index is 11.9. The Bertz CT molecular complexity index is 393. The Balaban J connectivity index is 1.79. The van der Waals surface area contributed by atoms with Crippen molar-refractivity contribution in [2.75, 3.05) is 6.54 Å². The lowest BCUT2D eigenvalue weighted by atomic mass is 9.83. The molecule has 1 aliphatic rings. The average molecular weight is 310 g/mol. The van der Waals surface area contributed by atoms with Gasteiger partial charge in [-0.1, -0.05) is 35.7 Å². The molecular formula is C15H20BrNO. The van der Waals surface area contributed by atoms with Gasteiger partial charge in [0.25, 0.3) is 5.91 Å². The average Bonchev–Trinajstić information content (AvgIpc) is 2.38. The molecule has 0 saturated heterocycles. The summed E-state index contributed by atoms with van der Waals surface area (Å²) < 4.78 is 1.00. The predicted octanol–water partition coefficient (Wildman–Crippen LogP) is 4.01. The standard InChI is InChI=1S/C15H20BrNO/c1-11-2-4-12(5-3-11)10-17-15(18)13-6-8-14(16)9-7-13/h6-9,11-12H,2-5,10H2,1H3,(H,17,18). The molecule has 98 valence electrons. The number of rotatable bonds is 3. The number of hydrogen-bond donors (Lipinski definition) is 1. The smallest absolute Gasteiger partial charge is 0.251 e. The summed E-state index contributed by atoms with van der Waals surface area (Å²) >= 11 is 3.37. The van der Waals surface area contributed by atoms with E-state index in [1.165, 1.54) is 25.7 Å². The molecule has 0 spiro atoms. The highest BCUT2D eigenvalue weighted by molar-refractivity contribution is 9.10. The van der Waals surface area contributed by atoms with Gasteiger partial charge < -0.3 is 5.32 Å². The summed E-state index contributed by atoms with van der Waals surface area (Å²) in [4.78, 5) is 11.9. The van der Waals surface area contributed by atoms with E-state index in [1.807, 2.05) is 24.3 Å². The zero-order valence-electron chi connectivity index (χ0n) is 10.8. The van der Waals surface area contributed by atoms with Gasteiger partial charge in [0.1, 0.15) is 0 Å². The SMILES string of the molecule is CC1CCC(CNC(=O)c2ccc(Br)cc2)CC1. The quantitative estimate of drug-likeness (QED) is 0.898. The van der Waals surface area contributed by atoms with E-state index in [2.05, 4.69) is 28.2 Å². The maximum Gasteiger partial charge on any atom is 0.251 e. The number of nitrogens with one attached hydrogen (secondary N) is 1. The van der Waals surface area contributed by atoms with Crippen LogP contribution in [0.1, 0.15) is 43.0 Å². The fourth-order valence-electron chi connectivity index (χ4n) is 2.47. The van der Waals surface area contributed by atoms with E-state index in [0.717, 1.165) is 22.5 Å². The first-order chi connectivity index (χ1) is 8.65. The normalized spacial score (nSPS) is 23.7. The van der Waals surface area contributed by atoms with Crippen molar-refractivity contribution in [2.45, 2.75) is 32.6 Å². The van der Waals surface area contributed by atoms with Crippen LogP contribution in [-0.2, 0) is 0 Å². The van der Waals surface area contributed by atoms with Crippen LogP contribution in [0.2, 0.25) is 0 Å². The van der Waals surface area contributed by atoms with Crippen LogP contribution in [0.15, 0.2) is 28.7 Å². The first-order valence-corrected chi connectivity index (χ1v) is 7.48. The molecular weight excluding hydrogens is 290 g/mol. The molecule has 1 aromatic rings. The van der Waals surface area contributed by atoms with Crippen molar-refractivity contribution in [1.29, 1.82) is 0 Å². The molecule has 1 aliphatic carbocycles. The van der Waals surface area contributed by atoms with E-state index in [4.69, 9.17) is 0 Å². The Morgan fingerprint density at radius 3 is 2.44 bits per heavy atom. The largest absolute Gasteiger partial charge is 0.352 e. The van der Waals surface area contributed by atoms with Crippen LogP contribution in [0.4, 0.5) is 0 Å². The van der Waals surface area contributed by atoms with Crippen molar-refractivity contribution in [1.82, 2.24) is 5.32 Å². The summed E-state index contributed by atoms with van der Waals surface area (Å²) in [6.45, 7) is 3.14. The highest BCUT2D eigenvalue weighted by Crippen LogP contribution is 2.27. The first kappa shape index (κ1) is 13.6. The fraction of sp³-hybridized carbons (Fsp3) is 0.533. The Labute approximate surface area is 117 Å². The highest BCUT2D eigenvalue weighted by Gasteiger charge is 2.18. The monoisotopic (exact) mass is 309 g/mol. The maximum absolute atomic E-state index is 11.9. The molecule has 1 fully saturated rings. The fourth-order valence-corrected chi connectivity index (χ4v) is 2.74. The van der Waals surface area contributed by atoms with Crippen molar-refractivity contribution in [2.24, 2.45) is 11.8 Å². The topological polar surface area (TPSA) is 29.1 Å². The Kier molecular flexibility index (Phi) is 4.81. The minimum atomic E-state index is 0.0427. The second-order valence-corrected chi connectivity index (χ2v) is 6.26. The summed E-state index contributed by atoms with van der Waals surface area (Å²) in [5.41, 5.74) is 0.738. The van der Waals surface area contributed by atoms with E-state index in [9.17, 15) is 4.79 Å². The lowest BCUT2D eigenvalue weighted by Gasteiger charge is -2.26. The van der Waals surface area contributed by atoms with Crippen LogP contribution in [0.5, 0.6) is 0 Å². The van der Waals surface area contributed by atoms with Gasteiger partial charge in [-0.05, 0) is 48.9 Å². The molecule has 0 aliphatic heterocycles. The molecule has 0 heterocycles. The molecule has 1 N–H and O–H groups in total. The molecule has 1 saturated carbocycles. The number of halogens is 1. The number of hydrogen-bond acceptors (Lipinski definition) is 1. The lowest BCUT2D eigenvalue weighted by Crippen LogP contribution is -2.31. The third-order valence-corrected chi connectivity index (χ3v) is 4.32. The number of amides is 1. The summed E-state index contributed by atoms with van der Waals surface area (Å²) in [5, 5.41) is 3.05. The number of benzene rings is 1. The molecule has 1 amide bonds. The van der Waals surface area contributed by atoms with Gasteiger partial charge in [-0.25, -0.2) is 0 Å². The lowest BCUT2D eigenvalue weighted by molar-refractivity contribution is 0.0942. The third-order valence-electron chi connectivity index (χ3n) is 3.79. The van der Waals surface area contributed by atoms with Crippen LogP contribution >= 0.6 is 15.9 Å². The van der Waals surface area contributed by atoms with Gasteiger partial charge >= 0.3 is 0 Å². The molecule has 3 heteroatoms. The van der Waals surface area contributed by atoms with Crippen molar-refractivity contribution in [3.8, 4) is 0 Å². The van der Waals surface area contributed by atoms with E-state index in [-0.39, 0.29) is 5.91 Å². The third kappa shape index (κ3) is 3.84. The van der Waals surface area contributed by atoms with Gasteiger partial charge in [-0.2, -0.15) is 0 Å². The molecule has 1 aromatic carbocycles. The Morgan fingerprint density at radius 2 is 1.83 bits per heavy atom. The minimum absolute atomic E-state index is 0.0427. The van der Waals surface area contributed by atoms with E-state index in [0.29, 0.717) is 5.92 Å². The van der Waals surface area contributed by atoms with E-state index >= 15 is 0 Å². The van der Waals surface area contributed by atoms with Crippen molar-refractivity contribution in [3.63, 3.8) is 0 Å². The van der Waals surface area contributed by atoms with Gasteiger partial charge in [-0.15, -0.1) is 0 Å². The van der Waals surface area contributed by atoms with Crippen LogP contribution in [0.3, 0.4) is 0 Å². The van der Waals surface area contributed by atoms with Crippen LogP contribution in [-0.4, -0.2) is 12.5 Å². The van der Waals surface area contributed by atoms with Crippen LogP contribution in [0.25, 0.3) is 0 Å². The van der Waals surface area contributed by atoms with Gasteiger partial charge in [0, 0.05) is 16.6 Å². The second kappa shape index (κ2) is 6.37. The summed E-state index contributed by atoms with van der Waals surface area (Å²) in [6.07, 6.45) is 5.11. The molecule has 0 radical (unpaired) electrons. The minimum Gasteiger partial charge on any atom is -0.352 e. The van der Waals surface area contributed by atoms with E-state index < -0.39 is 0 Å². The van der Waals surface area contributed by atoms with Crippen molar-refractivity contribution < 1.29 is 4.79 Å². The molecule has 0 aromatic heterocycles. The number of carbonyl (C=O) groups excluding carboxylic acids is 1. The molecule has 0 bridgehead atoms. The van der Waals surface area contributed by atoms with E-state index in [1.54, 1.807) is 0 Å².